The third-order valence-corrected chi connectivity index (χ3v) is 2.27. The number of rotatable bonds is 6. The molecule has 1 aromatic rings. The van der Waals surface area contributed by atoms with E-state index in [4.69, 9.17) is 9.52 Å². The molecule has 0 spiro atoms. The zero-order valence-corrected chi connectivity index (χ0v) is 9.62. The number of hydrogen-bond acceptors (Lipinski definition) is 3. The SMILES string of the molecule is C/C=C/CCNCc1cc(C(=O)O)oc1C. The van der Waals surface area contributed by atoms with Gasteiger partial charge in [0.15, 0.2) is 0 Å². The van der Waals surface area contributed by atoms with Crippen LogP contribution >= 0.6 is 0 Å². The van der Waals surface area contributed by atoms with Crippen molar-refractivity contribution in [3.05, 3.63) is 35.3 Å². The minimum absolute atomic E-state index is 0.00255. The van der Waals surface area contributed by atoms with Crippen LogP contribution in [0.3, 0.4) is 0 Å². The largest absolute Gasteiger partial charge is 0.475 e. The molecular weight excluding hydrogens is 206 g/mol. The van der Waals surface area contributed by atoms with Crippen LogP contribution < -0.4 is 5.32 Å². The van der Waals surface area contributed by atoms with Gasteiger partial charge >= 0.3 is 5.97 Å². The summed E-state index contributed by atoms with van der Waals surface area (Å²) >= 11 is 0. The predicted molar refractivity (Wildman–Crippen MR) is 61.5 cm³/mol. The monoisotopic (exact) mass is 223 g/mol. The third kappa shape index (κ3) is 3.55. The molecule has 0 aliphatic carbocycles. The Balaban J connectivity index is 2.44. The average Bonchev–Trinajstić information content (AvgIpc) is 2.60. The zero-order chi connectivity index (χ0) is 12.0. The normalized spacial score (nSPS) is 11.1. The maximum Gasteiger partial charge on any atom is 0.371 e. The van der Waals surface area contributed by atoms with E-state index in [1.54, 1.807) is 13.0 Å². The summed E-state index contributed by atoms with van der Waals surface area (Å²) in [5.41, 5.74) is 0.901. The molecule has 1 rings (SSSR count). The van der Waals surface area contributed by atoms with Crippen LogP contribution in [0.1, 0.15) is 35.2 Å². The summed E-state index contributed by atoms with van der Waals surface area (Å²) in [6.45, 7) is 5.27. The van der Waals surface area contributed by atoms with Crippen LogP contribution in [0.2, 0.25) is 0 Å². The Labute approximate surface area is 95.0 Å². The molecule has 0 radical (unpaired) electrons. The van der Waals surface area contributed by atoms with Gasteiger partial charge in [-0.2, -0.15) is 0 Å². The van der Waals surface area contributed by atoms with Crippen molar-refractivity contribution in [2.45, 2.75) is 26.8 Å². The summed E-state index contributed by atoms with van der Waals surface area (Å²) in [6.07, 6.45) is 5.06. The number of hydrogen-bond donors (Lipinski definition) is 2. The number of allylic oxidation sites excluding steroid dienone is 1. The standard InChI is InChI=1S/C12H17NO3/c1-3-4-5-6-13-8-10-7-11(12(14)15)16-9(10)2/h3-4,7,13H,5-6,8H2,1-2H3,(H,14,15)/b4-3+. The fraction of sp³-hybridized carbons (Fsp3) is 0.417. The van der Waals surface area contributed by atoms with Crippen LogP contribution in [0.15, 0.2) is 22.6 Å². The first-order chi connectivity index (χ1) is 7.65. The molecule has 16 heavy (non-hydrogen) atoms. The molecule has 0 aromatic carbocycles. The maximum absolute atomic E-state index is 10.7. The lowest BCUT2D eigenvalue weighted by Gasteiger charge is -2.00. The van der Waals surface area contributed by atoms with E-state index in [9.17, 15) is 4.79 Å². The lowest BCUT2D eigenvalue weighted by Crippen LogP contribution is -2.14. The molecule has 88 valence electrons. The fourth-order valence-corrected chi connectivity index (χ4v) is 1.38. The van der Waals surface area contributed by atoms with Crippen LogP contribution in [0, 0.1) is 6.92 Å². The lowest BCUT2D eigenvalue weighted by atomic mass is 10.2. The molecular formula is C12H17NO3. The number of carbonyl (C=O) groups is 1. The fourth-order valence-electron chi connectivity index (χ4n) is 1.38. The second-order valence-electron chi connectivity index (χ2n) is 3.53. The predicted octanol–water partition coefficient (Wildman–Crippen LogP) is 2.34. The average molecular weight is 223 g/mol. The van der Waals surface area contributed by atoms with Crippen LogP contribution in [-0.2, 0) is 6.54 Å². The zero-order valence-electron chi connectivity index (χ0n) is 9.62. The Morgan fingerprint density at radius 1 is 1.62 bits per heavy atom. The highest BCUT2D eigenvalue weighted by Crippen LogP contribution is 2.14. The molecule has 2 N–H and O–H groups in total. The Hall–Kier alpha value is -1.55. The maximum atomic E-state index is 10.7. The molecule has 0 saturated carbocycles. The van der Waals surface area contributed by atoms with E-state index in [0.717, 1.165) is 18.5 Å². The molecule has 0 fully saturated rings. The molecule has 1 heterocycles. The van der Waals surface area contributed by atoms with E-state index in [2.05, 4.69) is 11.4 Å². The van der Waals surface area contributed by atoms with Crippen molar-refractivity contribution >= 4 is 5.97 Å². The van der Waals surface area contributed by atoms with E-state index in [1.165, 1.54) is 0 Å². The number of aromatic carboxylic acids is 1. The van der Waals surface area contributed by atoms with Crippen molar-refractivity contribution < 1.29 is 14.3 Å². The van der Waals surface area contributed by atoms with Crippen LogP contribution in [0.25, 0.3) is 0 Å². The summed E-state index contributed by atoms with van der Waals surface area (Å²) in [5.74, 6) is -0.359. The van der Waals surface area contributed by atoms with Crippen molar-refractivity contribution in [2.24, 2.45) is 0 Å². The highest BCUT2D eigenvalue weighted by Gasteiger charge is 2.12. The van der Waals surface area contributed by atoms with Crippen LogP contribution in [0.4, 0.5) is 0 Å². The second kappa shape index (κ2) is 6.12. The van der Waals surface area contributed by atoms with E-state index in [1.807, 2.05) is 13.0 Å². The lowest BCUT2D eigenvalue weighted by molar-refractivity contribution is 0.0661. The van der Waals surface area contributed by atoms with Gasteiger partial charge in [0.2, 0.25) is 5.76 Å². The van der Waals surface area contributed by atoms with Gasteiger partial charge in [0.05, 0.1) is 0 Å². The molecule has 0 unspecified atom stereocenters. The first-order valence-corrected chi connectivity index (χ1v) is 5.29. The Morgan fingerprint density at radius 3 is 2.94 bits per heavy atom. The number of carboxylic acids is 1. The third-order valence-electron chi connectivity index (χ3n) is 2.27. The van der Waals surface area contributed by atoms with Crippen molar-refractivity contribution in [1.29, 1.82) is 0 Å². The topological polar surface area (TPSA) is 62.5 Å². The van der Waals surface area contributed by atoms with Crippen molar-refractivity contribution in [3.8, 4) is 0 Å². The van der Waals surface area contributed by atoms with Gasteiger partial charge in [-0.3, -0.25) is 0 Å². The van der Waals surface area contributed by atoms with Gasteiger partial charge in [0.1, 0.15) is 5.76 Å². The molecule has 0 aliphatic rings. The molecule has 4 nitrogen and oxygen atoms in total. The summed E-state index contributed by atoms with van der Waals surface area (Å²) in [7, 11) is 0. The van der Waals surface area contributed by atoms with E-state index < -0.39 is 5.97 Å². The molecule has 4 heteroatoms. The summed E-state index contributed by atoms with van der Waals surface area (Å²) in [6, 6.07) is 1.57. The minimum Gasteiger partial charge on any atom is -0.475 e. The molecule has 0 atom stereocenters. The van der Waals surface area contributed by atoms with Crippen LogP contribution in [0.5, 0.6) is 0 Å². The number of nitrogens with one attached hydrogen (secondary N) is 1. The number of aryl methyl sites for hydroxylation is 1. The van der Waals surface area contributed by atoms with Gasteiger partial charge in [-0.25, -0.2) is 4.79 Å². The molecule has 0 saturated heterocycles. The Bertz CT molecular complexity index is 380. The van der Waals surface area contributed by atoms with Gasteiger partial charge in [-0.05, 0) is 32.9 Å². The first kappa shape index (κ1) is 12.5. The first-order valence-electron chi connectivity index (χ1n) is 5.29. The molecule has 0 amide bonds. The van der Waals surface area contributed by atoms with Gasteiger partial charge in [0, 0.05) is 12.1 Å². The Kier molecular flexibility index (Phi) is 4.79. The van der Waals surface area contributed by atoms with Gasteiger partial charge < -0.3 is 14.8 Å². The van der Waals surface area contributed by atoms with Crippen molar-refractivity contribution in [1.82, 2.24) is 5.32 Å². The van der Waals surface area contributed by atoms with Crippen LogP contribution in [-0.4, -0.2) is 17.6 Å². The van der Waals surface area contributed by atoms with Gasteiger partial charge in [-0.1, -0.05) is 12.2 Å². The van der Waals surface area contributed by atoms with Gasteiger partial charge in [0.25, 0.3) is 0 Å². The number of furan rings is 1. The van der Waals surface area contributed by atoms with E-state index >= 15 is 0 Å². The minimum atomic E-state index is -1.02. The van der Waals surface area contributed by atoms with E-state index in [0.29, 0.717) is 12.3 Å². The number of carboxylic acid groups (broad SMARTS) is 1. The summed E-state index contributed by atoms with van der Waals surface area (Å²) in [4.78, 5) is 10.7. The smallest absolute Gasteiger partial charge is 0.371 e. The highest BCUT2D eigenvalue weighted by atomic mass is 16.4. The molecule has 0 bridgehead atoms. The second-order valence-corrected chi connectivity index (χ2v) is 3.53. The summed E-state index contributed by atoms with van der Waals surface area (Å²) < 4.78 is 5.10. The summed E-state index contributed by atoms with van der Waals surface area (Å²) in [5, 5.41) is 12.0. The molecule has 1 aromatic heterocycles. The molecule has 0 aliphatic heterocycles. The van der Waals surface area contributed by atoms with Crippen molar-refractivity contribution in [2.75, 3.05) is 6.54 Å². The van der Waals surface area contributed by atoms with Crippen molar-refractivity contribution in [3.63, 3.8) is 0 Å². The van der Waals surface area contributed by atoms with Gasteiger partial charge in [-0.15, -0.1) is 0 Å². The van der Waals surface area contributed by atoms with E-state index in [-0.39, 0.29) is 5.76 Å². The highest BCUT2D eigenvalue weighted by molar-refractivity contribution is 5.84. The Morgan fingerprint density at radius 2 is 2.38 bits per heavy atom. The quantitative estimate of drug-likeness (QED) is 0.574.